The van der Waals surface area contributed by atoms with Gasteiger partial charge < -0.3 is 24.7 Å². The molecule has 2 aromatic rings. The third-order valence-corrected chi connectivity index (χ3v) is 5.85. The Hall–Kier alpha value is -3.72. The summed E-state index contributed by atoms with van der Waals surface area (Å²) in [5.74, 6) is -2.05. The summed E-state index contributed by atoms with van der Waals surface area (Å²) < 4.78 is 23.7. The standard InChI is InChI=1S/C24H30N6O8/c25-6-8-37-15-16-14-29(28-27-16)7-9-35-10-11-36-12-13-38-19-3-1-2-17-21(19)24(34)30(23(17)33)18-4-5-20(31)26-22(18)32/h1-3,14,18H,4-13,15,25H2,(H,26,31,32). The van der Waals surface area contributed by atoms with Crippen LogP contribution in [-0.2, 0) is 37.0 Å². The van der Waals surface area contributed by atoms with Crippen molar-refractivity contribution in [2.75, 3.05) is 46.2 Å². The normalized spacial score (nSPS) is 17.2. The number of ether oxygens (including phenoxy) is 4. The molecule has 1 unspecified atom stereocenters. The fraction of sp³-hybridized carbons (Fsp3) is 0.500. The third kappa shape index (κ3) is 6.58. The maximum atomic E-state index is 13.0. The van der Waals surface area contributed by atoms with Gasteiger partial charge in [-0.05, 0) is 18.6 Å². The Labute approximate surface area is 218 Å². The quantitative estimate of drug-likeness (QED) is 0.219. The van der Waals surface area contributed by atoms with E-state index >= 15 is 0 Å². The molecule has 14 nitrogen and oxygen atoms in total. The number of carbonyl (C=O) groups is 4. The molecule has 0 aliphatic carbocycles. The molecule has 38 heavy (non-hydrogen) atoms. The number of rotatable bonds is 15. The number of nitrogens with one attached hydrogen (secondary N) is 1. The number of benzene rings is 1. The lowest BCUT2D eigenvalue weighted by atomic mass is 10.0. The highest BCUT2D eigenvalue weighted by molar-refractivity contribution is 6.24. The Balaban J connectivity index is 1.15. The topological polar surface area (TPSA) is 177 Å². The zero-order chi connectivity index (χ0) is 26.9. The van der Waals surface area contributed by atoms with E-state index in [0.29, 0.717) is 46.1 Å². The van der Waals surface area contributed by atoms with Crippen LogP contribution in [0.3, 0.4) is 0 Å². The van der Waals surface area contributed by atoms with Crippen molar-refractivity contribution in [2.45, 2.75) is 32.0 Å². The number of nitrogens with two attached hydrogens (primary N) is 1. The maximum absolute atomic E-state index is 13.0. The van der Waals surface area contributed by atoms with Gasteiger partial charge in [0.05, 0.1) is 63.5 Å². The van der Waals surface area contributed by atoms with E-state index < -0.39 is 29.7 Å². The number of carbonyl (C=O) groups excluding carboxylic acids is 4. The van der Waals surface area contributed by atoms with Gasteiger partial charge in [-0.2, -0.15) is 0 Å². The molecule has 204 valence electrons. The number of imide groups is 2. The van der Waals surface area contributed by atoms with Crippen molar-refractivity contribution in [1.82, 2.24) is 25.2 Å². The average Bonchev–Trinajstić information content (AvgIpc) is 3.46. The molecule has 0 radical (unpaired) electrons. The van der Waals surface area contributed by atoms with Crippen molar-refractivity contribution >= 4 is 23.6 Å². The Morgan fingerprint density at radius 2 is 1.76 bits per heavy atom. The number of hydrogen-bond donors (Lipinski definition) is 2. The molecule has 0 bridgehead atoms. The van der Waals surface area contributed by atoms with E-state index in [1.54, 1.807) is 23.0 Å². The summed E-state index contributed by atoms with van der Waals surface area (Å²) in [5.41, 5.74) is 6.37. The first-order valence-electron chi connectivity index (χ1n) is 12.3. The van der Waals surface area contributed by atoms with Crippen LogP contribution in [0.15, 0.2) is 24.4 Å². The average molecular weight is 531 g/mol. The van der Waals surface area contributed by atoms with Gasteiger partial charge in [-0.3, -0.25) is 29.4 Å². The van der Waals surface area contributed by atoms with Crippen LogP contribution in [0.5, 0.6) is 5.75 Å². The summed E-state index contributed by atoms with van der Waals surface area (Å²) in [6.45, 7) is 3.35. The van der Waals surface area contributed by atoms with E-state index in [-0.39, 0.29) is 42.9 Å². The molecule has 2 aliphatic rings. The summed E-state index contributed by atoms with van der Waals surface area (Å²) in [5, 5.41) is 10.2. The molecule has 4 amide bonds. The Kier molecular flexibility index (Phi) is 9.48. The summed E-state index contributed by atoms with van der Waals surface area (Å²) in [7, 11) is 0. The summed E-state index contributed by atoms with van der Waals surface area (Å²) >= 11 is 0. The molecule has 1 fully saturated rings. The molecule has 2 aliphatic heterocycles. The first-order valence-corrected chi connectivity index (χ1v) is 12.3. The van der Waals surface area contributed by atoms with Gasteiger partial charge in [-0.1, -0.05) is 11.3 Å². The molecular formula is C24H30N6O8. The van der Waals surface area contributed by atoms with E-state index in [4.69, 9.17) is 24.7 Å². The van der Waals surface area contributed by atoms with Gasteiger partial charge in [-0.25, -0.2) is 4.68 Å². The second kappa shape index (κ2) is 13.2. The van der Waals surface area contributed by atoms with Gasteiger partial charge in [0.1, 0.15) is 24.1 Å². The van der Waals surface area contributed by atoms with E-state index in [0.717, 1.165) is 10.6 Å². The van der Waals surface area contributed by atoms with Crippen LogP contribution >= 0.6 is 0 Å². The van der Waals surface area contributed by atoms with Crippen molar-refractivity contribution in [3.63, 3.8) is 0 Å². The molecule has 1 aromatic carbocycles. The van der Waals surface area contributed by atoms with Gasteiger partial charge in [-0.15, -0.1) is 5.10 Å². The highest BCUT2D eigenvalue weighted by Crippen LogP contribution is 2.33. The van der Waals surface area contributed by atoms with Crippen molar-refractivity contribution in [3.8, 4) is 5.75 Å². The summed E-state index contributed by atoms with van der Waals surface area (Å²) in [6.07, 6.45) is 1.93. The van der Waals surface area contributed by atoms with Crippen molar-refractivity contribution in [2.24, 2.45) is 5.73 Å². The highest BCUT2D eigenvalue weighted by Gasteiger charge is 2.45. The van der Waals surface area contributed by atoms with Crippen LogP contribution in [0.2, 0.25) is 0 Å². The minimum atomic E-state index is -1.03. The van der Waals surface area contributed by atoms with Crippen LogP contribution < -0.4 is 15.8 Å². The van der Waals surface area contributed by atoms with Crippen LogP contribution in [-0.4, -0.2) is 95.8 Å². The smallest absolute Gasteiger partial charge is 0.266 e. The van der Waals surface area contributed by atoms with Crippen LogP contribution in [0.25, 0.3) is 0 Å². The summed E-state index contributed by atoms with van der Waals surface area (Å²) in [4.78, 5) is 50.5. The first-order chi connectivity index (χ1) is 18.5. The number of fused-ring (bicyclic) bond motifs is 1. The van der Waals surface area contributed by atoms with E-state index in [1.807, 2.05) is 0 Å². The van der Waals surface area contributed by atoms with E-state index in [2.05, 4.69) is 15.6 Å². The molecule has 1 atom stereocenters. The summed E-state index contributed by atoms with van der Waals surface area (Å²) in [6, 6.07) is 3.67. The monoisotopic (exact) mass is 530 g/mol. The molecule has 14 heteroatoms. The second-order valence-corrected chi connectivity index (χ2v) is 8.51. The molecule has 3 heterocycles. The minimum Gasteiger partial charge on any atom is -0.490 e. The van der Waals surface area contributed by atoms with Crippen molar-refractivity contribution in [3.05, 3.63) is 41.2 Å². The number of nitrogens with zero attached hydrogens (tertiary/aromatic N) is 4. The van der Waals surface area contributed by atoms with Gasteiger partial charge in [0.25, 0.3) is 11.8 Å². The highest BCUT2D eigenvalue weighted by atomic mass is 16.5. The van der Waals surface area contributed by atoms with Gasteiger partial charge in [0, 0.05) is 13.0 Å². The number of aromatic nitrogens is 3. The molecule has 3 N–H and O–H groups in total. The number of piperidine rings is 1. The van der Waals surface area contributed by atoms with Crippen LogP contribution in [0.4, 0.5) is 0 Å². The lowest BCUT2D eigenvalue weighted by Gasteiger charge is -2.27. The van der Waals surface area contributed by atoms with Crippen molar-refractivity contribution < 1.29 is 38.1 Å². The van der Waals surface area contributed by atoms with Crippen LogP contribution in [0, 0.1) is 0 Å². The Bertz CT molecular complexity index is 1170. The fourth-order valence-corrected chi connectivity index (χ4v) is 4.07. The SMILES string of the molecule is NCCOCc1cn(CCOCCOCCOc2cccc3c2C(=O)N(C2CCC(=O)NC2=O)C3=O)nn1. The van der Waals surface area contributed by atoms with E-state index in [1.165, 1.54) is 6.07 Å². The molecule has 4 rings (SSSR count). The predicted octanol–water partition coefficient (Wildman–Crippen LogP) is -0.733. The van der Waals surface area contributed by atoms with Gasteiger partial charge >= 0.3 is 0 Å². The molecular weight excluding hydrogens is 500 g/mol. The Morgan fingerprint density at radius 3 is 2.55 bits per heavy atom. The zero-order valence-electron chi connectivity index (χ0n) is 20.8. The van der Waals surface area contributed by atoms with Crippen molar-refractivity contribution in [1.29, 1.82) is 0 Å². The molecule has 0 saturated carbocycles. The lowest BCUT2D eigenvalue weighted by Crippen LogP contribution is -2.54. The largest absolute Gasteiger partial charge is 0.490 e. The van der Waals surface area contributed by atoms with Gasteiger partial charge in [0.2, 0.25) is 11.8 Å². The van der Waals surface area contributed by atoms with Crippen LogP contribution in [0.1, 0.15) is 39.3 Å². The molecule has 0 spiro atoms. The Morgan fingerprint density at radius 1 is 0.974 bits per heavy atom. The lowest BCUT2D eigenvalue weighted by molar-refractivity contribution is -0.136. The molecule has 1 aromatic heterocycles. The van der Waals surface area contributed by atoms with E-state index in [9.17, 15) is 19.2 Å². The number of hydrogen-bond acceptors (Lipinski definition) is 11. The first kappa shape index (κ1) is 27.3. The molecule has 1 saturated heterocycles. The predicted molar refractivity (Wildman–Crippen MR) is 129 cm³/mol. The minimum absolute atomic E-state index is 0.0562. The van der Waals surface area contributed by atoms with Gasteiger partial charge in [0.15, 0.2) is 0 Å². The third-order valence-electron chi connectivity index (χ3n) is 5.85. The maximum Gasteiger partial charge on any atom is 0.266 e. The fourth-order valence-electron chi connectivity index (χ4n) is 4.07. The zero-order valence-corrected chi connectivity index (χ0v) is 20.8. The number of amides is 4. The second-order valence-electron chi connectivity index (χ2n) is 8.51.